The van der Waals surface area contributed by atoms with Gasteiger partial charge in [0.05, 0.1) is 20.0 Å². The van der Waals surface area contributed by atoms with Crippen LogP contribution in [-0.4, -0.2) is 26.3 Å². The fourth-order valence-electron chi connectivity index (χ4n) is 1.77. The Morgan fingerprint density at radius 1 is 1.33 bits per heavy atom. The molecule has 3 nitrogen and oxygen atoms in total. The largest absolute Gasteiger partial charge is 0.502 e. The van der Waals surface area contributed by atoms with Crippen LogP contribution in [-0.2, 0) is 11.2 Å². The molecule has 0 aromatic heterocycles. The molecular weight excluding hydrogens is 226 g/mol. The summed E-state index contributed by atoms with van der Waals surface area (Å²) in [4.78, 5) is 0. The van der Waals surface area contributed by atoms with Crippen LogP contribution in [0.25, 0.3) is 0 Å². The third-order valence-corrected chi connectivity index (χ3v) is 2.75. The molecule has 1 aromatic rings. The summed E-state index contributed by atoms with van der Waals surface area (Å²) in [6.45, 7) is 7.39. The molecule has 3 heteroatoms. The van der Waals surface area contributed by atoms with Gasteiger partial charge in [-0.15, -0.1) is 0 Å². The van der Waals surface area contributed by atoms with Crippen LogP contribution in [0.15, 0.2) is 37.1 Å². The first-order valence-electron chi connectivity index (χ1n) is 6.35. The molecule has 0 spiro atoms. The third kappa shape index (κ3) is 5.73. The van der Waals surface area contributed by atoms with E-state index in [-0.39, 0.29) is 0 Å². The van der Waals surface area contributed by atoms with E-state index in [0.717, 1.165) is 31.7 Å². The second-order valence-corrected chi connectivity index (χ2v) is 4.30. The van der Waals surface area contributed by atoms with Crippen molar-refractivity contribution in [3.63, 3.8) is 0 Å². The summed E-state index contributed by atoms with van der Waals surface area (Å²) < 4.78 is 10.2. The molecule has 1 atom stereocenters. The zero-order chi connectivity index (χ0) is 13.2. The van der Waals surface area contributed by atoms with E-state index in [1.54, 1.807) is 7.11 Å². The molecule has 0 bridgehead atoms. The molecule has 1 aromatic carbocycles. The summed E-state index contributed by atoms with van der Waals surface area (Å²) in [5.41, 5.74) is 1.32. The van der Waals surface area contributed by atoms with Gasteiger partial charge in [-0.1, -0.05) is 18.7 Å². The number of nitrogens with one attached hydrogen (secondary N) is 1. The van der Waals surface area contributed by atoms with Gasteiger partial charge in [-0.3, -0.25) is 0 Å². The first kappa shape index (κ1) is 14.6. The van der Waals surface area contributed by atoms with Gasteiger partial charge in [0.2, 0.25) is 0 Å². The Morgan fingerprint density at radius 3 is 2.67 bits per heavy atom. The Labute approximate surface area is 110 Å². The lowest BCUT2D eigenvalue weighted by Crippen LogP contribution is -2.29. The molecule has 1 N–H and O–H groups in total. The Kier molecular flexibility index (Phi) is 6.96. The molecule has 0 aliphatic rings. The van der Waals surface area contributed by atoms with E-state index in [1.807, 2.05) is 12.1 Å². The number of rotatable bonds is 9. The summed E-state index contributed by atoms with van der Waals surface area (Å²) >= 11 is 0. The van der Waals surface area contributed by atoms with Crippen molar-refractivity contribution in [2.75, 3.05) is 20.3 Å². The minimum Gasteiger partial charge on any atom is -0.502 e. The van der Waals surface area contributed by atoms with Crippen molar-refractivity contribution in [3.05, 3.63) is 42.7 Å². The molecule has 100 valence electrons. The van der Waals surface area contributed by atoms with E-state index in [4.69, 9.17) is 9.47 Å². The molecule has 0 aliphatic heterocycles. The highest BCUT2D eigenvalue weighted by atomic mass is 16.5. The molecule has 0 fully saturated rings. The van der Waals surface area contributed by atoms with Gasteiger partial charge in [-0.2, -0.15) is 0 Å². The van der Waals surface area contributed by atoms with Crippen molar-refractivity contribution < 1.29 is 9.47 Å². The molecule has 1 rings (SSSR count). The summed E-state index contributed by atoms with van der Waals surface area (Å²) in [5.74, 6) is 0.904. The number of hydrogen-bond acceptors (Lipinski definition) is 3. The molecule has 18 heavy (non-hydrogen) atoms. The van der Waals surface area contributed by atoms with Gasteiger partial charge in [0, 0.05) is 6.04 Å². The second-order valence-electron chi connectivity index (χ2n) is 4.30. The molecule has 0 heterocycles. The number of ether oxygens (including phenoxy) is 2. The zero-order valence-corrected chi connectivity index (χ0v) is 11.3. The van der Waals surface area contributed by atoms with Crippen molar-refractivity contribution in [2.45, 2.75) is 25.8 Å². The van der Waals surface area contributed by atoms with E-state index in [0.29, 0.717) is 6.04 Å². The maximum atomic E-state index is 5.14. The molecular formula is C15H23NO2. The summed E-state index contributed by atoms with van der Waals surface area (Å²) in [5, 5.41) is 3.47. The zero-order valence-electron chi connectivity index (χ0n) is 11.3. The van der Waals surface area contributed by atoms with Crippen molar-refractivity contribution >= 4 is 0 Å². The highest BCUT2D eigenvalue weighted by molar-refractivity contribution is 5.27. The number of methoxy groups -OCH3 is 1. The molecule has 0 saturated carbocycles. The lowest BCUT2D eigenvalue weighted by molar-refractivity contribution is 0.243. The van der Waals surface area contributed by atoms with E-state index < -0.39 is 0 Å². The Bertz CT molecular complexity index is 335. The monoisotopic (exact) mass is 249 g/mol. The van der Waals surface area contributed by atoms with Gasteiger partial charge >= 0.3 is 0 Å². The molecule has 0 aliphatic carbocycles. The molecule has 0 saturated heterocycles. The Hall–Kier alpha value is -1.48. The van der Waals surface area contributed by atoms with Gasteiger partial charge < -0.3 is 14.8 Å². The minimum absolute atomic E-state index is 0.460. The van der Waals surface area contributed by atoms with Crippen molar-refractivity contribution in [1.82, 2.24) is 5.32 Å². The normalized spacial score (nSPS) is 11.9. The van der Waals surface area contributed by atoms with E-state index in [1.165, 1.54) is 11.8 Å². The van der Waals surface area contributed by atoms with Gasteiger partial charge in [-0.25, -0.2) is 0 Å². The first-order valence-corrected chi connectivity index (χ1v) is 6.35. The highest BCUT2D eigenvalue weighted by Gasteiger charge is 2.02. The van der Waals surface area contributed by atoms with Crippen LogP contribution in [0.4, 0.5) is 0 Å². The average molecular weight is 249 g/mol. The lowest BCUT2D eigenvalue weighted by Gasteiger charge is -2.14. The molecule has 1 unspecified atom stereocenters. The smallest absolute Gasteiger partial charge is 0.118 e. The van der Waals surface area contributed by atoms with Gasteiger partial charge in [0.15, 0.2) is 0 Å². The molecule has 0 radical (unpaired) electrons. The lowest BCUT2D eigenvalue weighted by atomic mass is 10.1. The average Bonchev–Trinajstić information content (AvgIpc) is 2.39. The van der Waals surface area contributed by atoms with Crippen molar-refractivity contribution in [1.29, 1.82) is 0 Å². The van der Waals surface area contributed by atoms with E-state index in [9.17, 15) is 0 Å². The van der Waals surface area contributed by atoms with Crippen LogP contribution in [0, 0.1) is 0 Å². The van der Waals surface area contributed by atoms with Crippen molar-refractivity contribution in [3.8, 4) is 5.75 Å². The highest BCUT2D eigenvalue weighted by Crippen LogP contribution is 2.12. The maximum Gasteiger partial charge on any atom is 0.118 e. The van der Waals surface area contributed by atoms with Crippen LogP contribution < -0.4 is 10.1 Å². The second kappa shape index (κ2) is 8.59. The van der Waals surface area contributed by atoms with Crippen LogP contribution >= 0.6 is 0 Å². The van der Waals surface area contributed by atoms with Gasteiger partial charge in [0.1, 0.15) is 5.75 Å². The maximum absolute atomic E-state index is 5.14. The summed E-state index contributed by atoms with van der Waals surface area (Å²) in [6.07, 6.45) is 3.51. The predicted octanol–water partition coefficient (Wildman–Crippen LogP) is 2.77. The number of benzene rings is 1. The molecule has 0 amide bonds. The van der Waals surface area contributed by atoms with Crippen LogP contribution in [0.5, 0.6) is 5.75 Å². The fourth-order valence-corrected chi connectivity index (χ4v) is 1.77. The van der Waals surface area contributed by atoms with E-state index >= 15 is 0 Å². The van der Waals surface area contributed by atoms with E-state index in [2.05, 4.69) is 31.0 Å². The van der Waals surface area contributed by atoms with Crippen molar-refractivity contribution in [2.24, 2.45) is 0 Å². The minimum atomic E-state index is 0.460. The van der Waals surface area contributed by atoms with Crippen LogP contribution in [0.1, 0.15) is 18.9 Å². The standard InChI is InChI=1S/C15H23NO2/c1-4-18-11-5-10-16-13(2)12-14-6-8-15(17-3)9-7-14/h4,6-9,13,16H,1,5,10-12H2,2-3H3. The third-order valence-electron chi connectivity index (χ3n) is 2.75. The summed E-state index contributed by atoms with van der Waals surface area (Å²) in [7, 11) is 1.69. The van der Waals surface area contributed by atoms with Crippen LogP contribution in [0.3, 0.4) is 0 Å². The SMILES string of the molecule is C=COCCCNC(C)Cc1ccc(OC)cc1. The van der Waals surface area contributed by atoms with Crippen LogP contribution in [0.2, 0.25) is 0 Å². The Balaban J connectivity index is 2.22. The Morgan fingerprint density at radius 2 is 2.06 bits per heavy atom. The summed E-state index contributed by atoms with van der Waals surface area (Å²) in [6, 6.07) is 8.68. The van der Waals surface area contributed by atoms with Gasteiger partial charge in [0.25, 0.3) is 0 Å². The quantitative estimate of drug-likeness (QED) is 0.539. The fraction of sp³-hybridized carbons (Fsp3) is 0.467. The predicted molar refractivity (Wildman–Crippen MR) is 74.9 cm³/mol. The van der Waals surface area contributed by atoms with Gasteiger partial charge in [-0.05, 0) is 44.0 Å². The number of hydrogen-bond donors (Lipinski definition) is 1. The first-order chi connectivity index (χ1) is 8.76. The topological polar surface area (TPSA) is 30.5 Å².